The lowest BCUT2D eigenvalue weighted by Crippen LogP contribution is -1.85. The number of hydrogen-bond donors (Lipinski definition) is 0. The quantitative estimate of drug-likeness (QED) is 0.678. The number of rotatable bonds is 4. The highest BCUT2D eigenvalue weighted by atomic mass is 16.5. The first kappa shape index (κ1) is 13.5. The summed E-state index contributed by atoms with van der Waals surface area (Å²) in [6, 6.07) is 13.7. The van der Waals surface area contributed by atoms with Crippen LogP contribution in [-0.2, 0) is 11.3 Å². The molecule has 4 nitrogen and oxygen atoms in total. The molecule has 0 aliphatic heterocycles. The van der Waals surface area contributed by atoms with Gasteiger partial charge in [-0.05, 0) is 31.2 Å². The van der Waals surface area contributed by atoms with Crippen LogP contribution in [0.25, 0.3) is 10.9 Å². The van der Waals surface area contributed by atoms with Crippen LogP contribution in [-0.4, -0.2) is 18.3 Å². The average Bonchev–Trinajstić information content (AvgIpc) is 2.93. The zero-order chi connectivity index (χ0) is 14.7. The first-order valence-corrected chi connectivity index (χ1v) is 6.74. The maximum Gasteiger partial charge on any atom is 0.145 e. The molecule has 0 fully saturated rings. The molecule has 0 spiro atoms. The van der Waals surface area contributed by atoms with Crippen LogP contribution in [0, 0.1) is 6.92 Å². The van der Waals surface area contributed by atoms with Crippen LogP contribution >= 0.6 is 0 Å². The van der Waals surface area contributed by atoms with Crippen molar-refractivity contribution in [2.75, 3.05) is 7.11 Å². The number of benzene rings is 1. The second kappa shape index (κ2) is 5.89. The van der Waals surface area contributed by atoms with Gasteiger partial charge in [-0.3, -0.25) is 9.98 Å². The number of pyridine rings is 1. The van der Waals surface area contributed by atoms with Crippen molar-refractivity contribution in [3.63, 3.8) is 0 Å². The number of hydrogen-bond acceptors (Lipinski definition) is 4. The van der Waals surface area contributed by atoms with E-state index in [0.717, 1.165) is 28.0 Å². The summed E-state index contributed by atoms with van der Waals surface area (Å²) in [7, 11) is 1.64. The van der Waals surface area contributed by atoms with Gasteiger partial charge in [-0.25, -0.2) is 0 Å². The van der Waals surface area contributed by atoms with Crippen LogP contribution < -0.4 is 0 Å². The van der Waals surface area contributed by atoms with Gasteiger partial charge in [0, 0.05) is 18.2 Å². The van der Waals surface area contributed by atoms with Gasteiger partial charge in [-0.1, -0.05) is 18.2 Å². The molecule has 3 aromatic rings. The molecule has 0 bridgehead atoms. The standard InChI is InChI=1S/C17H16N2O2/c1-12-9-17(15-5-3-4-6-16(15)19-12)18-10-13-7-8-14(21-13)11-20-2/h3-10H,11H2,1-2H3. The summed E-state index contributed by atoms with van der Waals surface area (Å²) in [6.45, 7) is 2.43. The maximum absolute atomic E-state index is 5.60. The molecule has 0 N–H and O–H groups in total. The lowest BCUT2D eigenvalue weighted by atomic mass is 10.1. The highest BCUT2D eigenvalue weighted by Crippen LogP contribution is 2.25. The summed E-state index contributed by atoms with van der Waals surface area (Å²) in [4.78, 5) is 9.05. The van der Waals surface area contributed by atoms with E-state index in [-0.39, 0.29) is 0 Å². The Balaban J connectivity index is 1.94. The van der Waals surface area contributed by atoms with Crippen molar-refractivity contribution >= 4 is 22.8 Å². The molecule has 21 heavy (non-hydrogen) atoms. The molecular weight excluding hydrogens is 264 g/mol. The minimum atomic E-state index is 0.463. The Bertz CT molecular complexity index is 790. The number of methoxy groups -OCH3 is 1. The van der Waals surface area contributed by atoms with E-state index in [0.29, 0.717) is 12.4 Å². The number of aliphatic imine (C=N–C) groups is 1. The average molecular weight is 280 g/mol. The van der Waals surface area contributed by atoms with Crippen molar-refractivity contribution in [2.24, 2.45) is 4.99 Å². The number of aromatic nitrogens is 1. The largest absolute Gasteiger partial charge is 0.458 e. The third-order valence-corrected chi connectivity index (χ3v) is 3.12. The Morgan fingerprint density at radius 1 is 1.24 bits per heavy atom. The topological polar surface area (TPSA) is 47.6 Å². The molecule has 0 aliphatic rings. The summed E-state index contributed by atoms with van der Waals surface area (Å²) in [5, 5.41) is 1.03. The first-order valence-electron chi connectivity index (χ1n) is 6.74. The molecule has 0 atom stereocenters. The van der Waals surface area contributed by atoms with Crippen molar-refractivity contribution in [3.8, 4) is 0 Å². The zero-order valence-corrected chi connectivity index (χ0v) is 12.0. The fourth-order valence-electron chi connectivity index (χ4n) is 2.21. The summed E-state index contributed by atoms with van der Waals surface area (Å²) in [6.07, 6.45) is 1.72. The summed E-state index contributed by atoms with van der Waals surface area (Å²) in [5.74, 6) is 1.50. The molecule has 1 aromatic carbocycles. The Kier molecular flexibility index (Phi) is 3.79. The van der Waals surface area contributed by atoms with E-state index >= 15 is 0 Å². The molecule has 2 heterocycles. The normalized spacial score (nSPS) is 11.5. The highest BCUT2D eigenvalue weighted by Gasteiger charge is 2.03. The van der Waals surface area contributed by atoms with Gasteiger partial charge in [0.05, 0.1) is 17.4 Å². The molecular formula is C17H16N2O2. The van der Waals surface area contributed by atoms with E-state index in [4.69, 9.17) is 9.15 Å². The number of ether oxygens (including phenoxy) is 1. The molecule has 0 saturated heterocycles. The lowest BCUT2D eigenvalue weighted by molar-refractivity contribution is 0.164. The van der Waals surface area contributed by atoms with E-state index in [9.17, 15) is 0 Å². The van der Waals surface area contributed by atoms with Crippen LogP contribution in [0.2, 0.25) is 0 Å². The Morgan fingerprint density at radius 2 is 2.10 bits per heavy atom. The van der Waals surface area contributed by atoms with Crippen molar-refractivity contribution in [3.05, 3.63) is 59.7 Å². The number of fused-ring (bicyclic) bond motifs is 1. The minimum Gasteiger partial charge on any atom is -0.458 e. The van der Waals surface area contributed by atoms with Crippen LogP contribution in [0.4, 0.5) is 5.69 Å². The van der Waals surface area contributed by atoms with Crippen molar-refractivity contribution in [1.29, 1.82) is 0 Å². The van der Waals surface area contributed by atoms with Crippen molar-refractivity contribution in [2.45, 2.75) is 13.5 Å². The second-order valence-corrected chi connectivity index (χ2v) is 4.80. The van der Waals surface area contributed by atoms with Gasteiger partial charge in [-0.15, -0.1) is 0 Å². The smallest absolute Gasteiger partial charge is 0.145 e. The van der Waals surface area contributed by atoms with Crippen LogP contribution in [0.5, 0.6) is 0 Å². The van der Waals surface area contributed by atoms with E-state index in [1.165, 1.54) is 0 Å². The predicted molar refractivity (Wildman–Crippen MR) is 83.2 cm³/mol. The molecule has 106 valence electrons. The van der Waals surface area contributed by atoms with Crippen molar-refractivity contribution in [1.82, 2.24) is 4.98 Å². The molecule has 4 heteroatoms. The van der Waals surface area contributed by atoms with Crippen LogP contribution in [0.3, 0.4) is 0 Å². The van der Waals surface area contributed by atoms with Gasteiger partial charge < -0.3 is 9.15 Å². The van der Waals surface area contributed by atoms with Gasteiger partial charge in [0.15, 0.2) is 0 Å². The van der Waals surface area contributed by atoms with Gasteiger partial charge in [0.1, 0.15) is 18.1 Å². The number of nitrogens with zero attached hydrogens (tertiary/aromatic N) is 2. The molecule has 0 unspecified atom stereocenters. The lowest BCUT2D eigenvalue weighted by Gasteiger charge is -2.02. The summed E-state index contributed by atoms with van der Waals surface area (Å²) >= 11 is 0. The molecule has 0 aliphatic carbocycles. The minimum absolute atomic E-state index is 0.463. The fourth-order valence-corrected chi connectivity index (χ4v) is 2.21. The monoisotopic (exact) mass is 280 g/mol. The third-order valence-electron chi connectivity index (χ3n) is 3.12. The molecule has 0 radical (unpaired) electrons. The second-order valence-electron chi connectivity index (χ2n) is 4.80. The van der Waals surface area contributed by atoms with Gasteiger partial charge >= 0.3 is 0 Å². The molecule has 2 aromatic heterocycles. The number of aryl methyl sites for hydroxylation is 1. The first-order chi connectivity index (χ1) is 10.3. The third kappa shape index (κ3) is 3.01. The molecule has 3 rings (SSSR count). The van der Waals surface area contributed by atoms with Crippen molar-refractivity contribution < 1.29 is 9.15 Å². The Morgan fingerprint density at radius 3 is 2.95 bits per heavy atom. The molecule has 0 saturated carbocycles. The highest BCUT2D eigenvalue weighted by molar-refractivity contribution is 5.92. The summed E-state index contributed by atoms with van der Waals surface area (Å²) < 4.78 is 10.6. The van der Waals surface area contributed by atoms with E-state index in [2.05, 4.69) is 9.98 Å². The van der Waals surface area contributed by atoms with E-state index < -0.39 is 0 Å². The van der Waals surface area contributed by atoms with Gasteiger partial charge in [0.2, 0.25) is 0 Å². The Labute approximate surface area is 123 Å². The zero-order valence-electron chi connectivity index (χ0n) is 12.0. The predicted octanol–water partition coefficient (Wildman–Crippen LogP) is 4.03. The SMILES string of the molecule is COCc1ccc(C=Nc2cc(C)nc3ccccc23)o1. The number of para-hydroxylation sites is 1. The summed E-state index contributed by atoms with van der Waals surface area (Å²) in [5.41, 5.74) is 2.78. The fraction of sp³-hybridized carbons (Fsp3) is 0.176. The maximum atomic E-state index is 5.60. The van der Waals surface area contributed by atoms with Crippen LogP contribution in [0.1, 0.15) is 17.2 Å². The van der Waals surface area contributed by atoms with Gasteiger partial charge in [0.25, 0.3) is 0 Å². The van der Waals surface area contributed by atoms with Crippen LogP contribution in [0.15, 0.2) is 51.9 Å². The van der Waals surface area contributed by atoms with Gasteiger partial charge in [-0.2, -0.15) is 0 Å². The molecule has 0 amide bonds. The van der Waals surface area contributed by atoms with E-state index in [1.807, 2.05) is 49.4 Å². The Hall–Kier alpha value is -2.46. The van der Waals surface area contributed by atoms with E-state index in [1.54, 1.807) is 13.3 Å². The number of furan rings is 1.